The van der Waals surface area contributed by atoms with Crippen LogP contribution in [0.2, 0.25) is 0 Å². The van der Waals surface area contributed by atoms with Crippen molar-refractivity contribution in [2.24, 2.45) is 0 Å². The number of nitrogens with zero attached hydrogens (tertiary/aromatic N) is 1. The quantitative estimate of drug-likeness (QED) is 0.570. The van der Waals surface area contributed by atoms with Crippen molar-refractivity contribution in [1.29, 1.82) is 0 Å². The Morgan fingerprint density at radius 3 is 2.91 bits per heavy atom. The van der Waals surface area contributed by atoms with Crippen LogP contribution in [0.15, 0.2) is 47.6 Å². The molecule has 0 spiro atoms. The van der Waals surface area contributed by atoms with Gasteiger partial charge in [-0.25, -0.2) is 9.78 Å². The number of methoxy groups -OCH3 is 1. The Labute approximate surface area is 131 Å². The van der Waals surface area contributed by atoms with E-state index >= 15 is 0 Å². The first-order valence-electron chi connectivity index (χ1n) is 6.65. The maximum Gasteiger partial charge on any atom is 0.341 e. The second-order valence-electron chi connectivity index (χ2n) is 4.69. The zero-order valence-electron chi connectivity index (χ0n) is 11.9. The van der Waals surface area contributed by atoms with Gasteiger partial charge in [0, 0.05) is 5.75 Å². The van der Waals surface area contributed by atoms with Crippen LogP contribution in [0.3, 0.4) is 0 Å². The largest absolute Gasteiger partial charge is 0.507 e. The van der Waals surface area contributed by atoms with Gasteiger partial charge >= 0.3 is 5.97 Å². The first-order chi connectivity index (χ1) is 10.7. The van der Waals surface area contributed by atoms with Gasteiger partial charge in [-0.2, -0.15) is 0 Å². The molecule has 6 heteroatoms. The Balaban J connectivity index is 1.77. The molecule has 2 N–H and O–H groups in total. The molecule has 0 amide bonds. The van der Waals surface area contributed by atoms with Crippen LogP contribution in [-0.4, -0.2) is 28.2 Å². The lowest BCUT2D eigenvalue weighted by Crippen LogP contribution is -2.02. The summed E-state index contributed by atoms with van der Waals surface area (Å²) in [5.74, 6) is 0.00168. The van der Waals surface area contributed by atoms with Crippen LogP contribution >= 0.6 is 11.8 Å². The summed E-state index contributed by atoms with van der Waals surface area (Å²) < 4.78 is 4.65. The van der Waals surface area contributed by atoms with Gasteiger partial charge in [-0.15, -0.1) is 0 Å². The Bertz CT molecular complexity index is 796. The van der Waals surface area contributed by atoms with Crippen LogP contribution in [0.4, 0.5) is 0 Å². The number of aromatic nitrogens is 2. The van der Waals surface area contributed by atoms with E-state index < -0.39 is 5.97 Å². The zero-order valence-corrected chi connectivity index (χ0v) is 12.7. The van der Waals surface area contributed by atoms with Crippen molar-refractivity contribution in [2.45, 2.75) is 10.9 Å². The first kappa shape index (κ1) is 14.5. The number of imidazole rings is 1. The summed E-state index contributed by atoms with van der Waals surface area (Å²) in [5.41, 5.74) is 2.99. The summed E-state index contributed by atoms with van der Waals surface area (Å²) in [6.07, 6.45) is 0. The molecule has 0 saturated carbocycles. The predicted molar refractivity (Wildman–Crippen MR) is 85.1 cm³/mol. The highest BCUT2D eigenvalue weighted by Gasteiger charge is 2.12. The SMILES string of the molecule is COC(=O)c1cc(CSc2nc3ccccc3[nH]2)ccc1O. The van der Waals surface area contributed by atoms with Crippen molar-refractivity contribution < 1.29 is 14.6 Å². The number of phenols is 1. The summed E-state index contributed by atoms with van der Waals surface area (Å²) in [7, 11) is 1.29. The third-order valence-electron chi connectivity index (χ3n) is 3.21. The van der Waals surface area contributed by atoms with E-state index in [-0.39, 0.29) is 11.3 Å². The molecule has 0 aliphatic heterocycles. The van der Waals surface area contributed by atoms with Gasteiger partial charge in [0.2, 0.25) is 0 Å². The number of H-pyrrole nitrogens is 1. The smallest absolute Gasteiger partial charge is 0.341 e. The molecule has 1 heterocycles. The van der Waals surface area contributed by atoms with E-state index in [0.717, 1.165) is 21.8 Å². The Hall–Kier alpha value is -2.47. The summed E-state index contributed by atoms with van der Waals surface area (Å²) >= 11 is 1.53. The summed E-state index contributed by atoms with van der Waals surface area (Å²) in [4.78, 5) is 19.3. The summed E-state index contributed by atoms with van der Waals surface area (Å²) in [5, 5.41) is 10.5. The van der Waals surface area contributed by atoms with Gasteiger partial charge in [0.1, 0.15) is 11.3 Å². The molecule has 1 aromatic heterocycles. The maximum atomic E-state index is 11.6. The lowest BCUT2D eigenvalue weighted by atomic mass is 10.1. The number of para-hydroxylation sites is 2. The van der Waals surface area contributed by atoms with Crippen molar-refractivity contribution in [2.75, 3.05) is 7.11 Å². The van der Waals surface area contributed by atoms with Crippen molar-refractivity contribution in [1.82, 2.24) is 9.97 Å². The lowest BCUT2D eigenvalue weighted by Gasteiger charge is -2.05. The average Bonchev–Trinajstić information content (AvgIpc) is 2.96. The number of hydrogen-bond donors (Lipinski definition) is 2. The number of nitrogens with one attached hydrogen (secondary N) is 1. The van der Waals surface area contributed by atoms with Crippen molar-refractivity contribution >= 4 is 28.8 Å². The highest BCUT2D eigenvalue weighted by molar-refractivity contribution is 7.98. The van der Waals surface area contributed by atoms with Crippen LogP contribution < -0.4 is 0 Å². The molecule has 0 aliphatic carbocycles. The van der Waals surface area contributed by atoms with Crippen LogP contribution in [0, 0.1) is 0 Å². The van der Waals surface area contributed by atoms with Crippen LogP contribution in [-0.2, 0) is 10.5 Å². The monoisotopic (exact) mass is 314 g/mol. The van der Waals surface area contributed by atoms with Crippen LogP contribution in [0.5, 0.6) is 5.75 Å². The van der Waals surface area contributed by atoms with E-state index in [2.05, 4.69) is 14.7 Å². The molecule has 112 valence electrons. The van der Waals surface area contributed by atoms with E-state index in [9.17, 15) is 9.90 Å². The maximum absolute atomic E-state index is 11.6. The van der Waals surface area contributed by atoms with Gasteiger partial charge in [0.15, 0.2) is 5.16 Å². The van der Waals surface area contributed by atoms with E-state index in [4.69, 9.17) is 0 Å². The van der Waals surface area contributed by atoms with Gasteiger partial charge in [0.25, 0.3) is 0 Å². The van der Waals surface area contributed by atoms with Crippen molar-refractivity contribution in [3.63, 3.8) is 0 Å². The highest BCUT2D eigenvalue weighted by Crippen LogP contribution is 2.26. The topological polar surface area (TPSA) is 75.2 Å². The Morgan fingerprint density at radius 1 is 1.32 bits per heavy atom. The number of hydrogen-bond acceptors (Lipinski definition) is 5. The molecule has 0 radical (unpaired) electrons. The fourth-order valence-electron chi connectivity index (χ4n) is 2.10. The zero-order chi connectivity index (χ0) is 15.5. The fourth-order valence-corrected chi connectivity index (χ4v) is 2.92. The van der Waals surface area contributed by atoms with Gasteiger partial charge < -0.3 is 14.8 Å². The molecular formula is C16H14N2O3S. The molecule has 0 atom stereocenters. The standard InChI is InChI=1S/C16H14N2O3S/c1-21-15(20)11-8-10(6-7-14(11)19)9-22-16-17-12-4-2-3-5-13(12)18-16/h2-8,19H,9H2,1H3,(H,17,18). The minimum absolute atomic E-state index is 0.0793. The number of carbonyl (C=O) groups excluding carboxylic acids is 1. The van der Waals surface area contributed by atoms with Gasteiger partial charge in [0.05, 0.1) is 18.1 Å². The normalized spacial score (nSPS) is 10.8. The third-order valence-corrected chi connectivity index (χ3v) is 4.15. The van der Waals surface area contributed by atoms with Crippen LogP contribution in [0.1, 0.15) is 15.9 Å². The Kier molecular flexibility index (Phi) is 4.02. The molecule has 2 aromatic carbocycles. The molecule has 0 aliphatic rings. The number of phenolic OH excluding ortho intramolecular Hbond substituents is 1. The van der Waals surface area contributed by atoms with Crippen molar-refractivity contribution in [3.8, 4) is 5.75 Å². The van der Waals surface area contributed by atoms with Crippen molar-refractivity contribution in [3.05, 3.63) is 53.6 Å². The second kappa shape index (κ2) is 6.11. The molecule has 0 unspecified atom stereocenters. The Morgan fingerprint density at radius 2 is 2.14 bits per heavy atom. The average molecular weight is 314 g/mol. The molecule has 0 saturated heterocycles. The number of aromatic amines is 1. The van der Waals surface area contributed by atoms with E-state index in [1.165, 1.54) is 24.9 Å². The molecule has 0 fully saturated rings. The number of benzene rings is 2. The molecule has 0 bridgehead atoms. The first-order valence-corrected chi connectivity index (χ1v) is 7.63. The number of ether oxygens (including phenoxy) is 1. The molecule has 3 aromatic rings. The second-order valence-corrected chi connectivity index (χ2v) is 5.65. The third kappa shape index (κ3) is 2.92. The number of rotatable bonds is 4. The molecule has 5 nitrogen and oxygen atoms in total. The number of esters is 1. The summed E-state index contributed by atoms with van der Waals surface area (Å²) in [6, 6.07) is 12.7. The number of aromatic hydroxyl groups is 1. The minimum atomic E-state index is -0.548. The number of fused-ring (bicyclic) bond motifs is 1. The van der Waals surface area contributed by atoms with E-state index in [1.54, 1.807) is 12.1 Å². The fraction of sp³-hybridized carbons (Fsp3) is 0.125. The molecule has 22 heavy (non-hydrogen) atoms. The van der Waals surface area contributed by atoms with E-state index in [1.807, 2.05) is 24.3 Å². The van der Waals surface area contributed by atoms with Crippen LogP contribution in [0.25, 0.3) is 11.0 Å². The summed E-state index contributed by atoms with van der Waals surface area (Å²) in [6.45, 7) is 0. The van der Waals surface area contributed by atoms with Gasteiger partial charge in [-0.1, -0.05) is 30.0 Å². The van der Waals surface area contributed by atoms with Gasteiger partial charge in [-0.3, -0.25) is 0 Å². The minimum Gasteiger partial charge on any atom is -0.507 e. The predicted octanol–water partition coefficient (Wildman–Crippen LogP) is 3.35. The van der Waals surface area contributed by atoms with E-state index in [0.29, 0.717) is 5.75 Å². The number of thioether (sulfide) groups is 1. The molecule has 3 rings (SSSR count). The molecular weight excluding hydrogens is 300 g/mol. The lowest BCUT2D eigenvalue weighted by molar-refractivity contribution is 0.0597. The number of carbonyl (C=O) groups is 1. The highest BCUT2D eigenvalue weighted by atomic mass is 32.2. The van der Waals surface area contributed by atoms with Gasteiger partial charge in [-0.05, 0) is 29.8 Å².